The molecule has 6 nitrogen and oxygen atoms in total. The molecule has 1 aliphatic carbocycles. The highest BCUT2D eigenvalue weighted by molar-refractivity contribution is 6.34. The van der Waals surface area contributed by atoms with Gasteiger partial charge in [0.25, 0.3) is 5.92 Å². The maximum atomic E-state index is 14.6. The van der Waals surface area contributed by atoms with E-state index in [0.717, 1.165) is 6.07 Å². The van der Waals surface area contributed by atoms with Gasteiger partial charge in [0.15, 0.2) is 0 Å². The molecule has 1 saturated heterocycles. The molecular formula is C25H24ClF6N5O. The molecule has 2 aromatic carbocycles. The van der Waals surface area contributed by atoms with Gasteiger partial charge in [-0.05, 0) is 42.7 Å². The first kappa shape index (κ1) is 26.5. The Morgan fingerprint density at radius 1 is 1.11 bits per heavy atom. The van der Waals surface area contributed by atoms with E-state index in [1.54, 1.807) is 28.6 Å². The smallest absolute Gasteiger partial charge is 0.370 e. The average Bonchev–Trinajstić information content (AvgIpc) is 3.61. The number of rotatable bonds is 6. The number of hydrogen-bond donors (Lipinski definition) is 2. The van der Waals surface area contributed by atoms with Crippen LogP contribution in [-0.2, 0) is 18.4 Å². The zero-order valence-electron chi connectivity index (χ0n) is 20.2. The first-order chi connectivity index (χ1) is 17.8. The minimum atomic E-state index is -4.62. The van der Waals surface area contributed by atoms with Crippen LogP contribution in [-0.4, -0.2) is 40.6 Å². The summed E-state index contributed by atoms with van der Waals surface area (Å²) in [5, 5.41) is 5.54. The summed E-state index contributed by atoms with van der Waals surface area (Å²) in [6.45, 7) is 0.0989. The van der Waals surface area contributed by atoms with Gasteiger partial charge in [0.1, 0.15) is 11.2 Å². The van der Waals surface area contributed by atoms with Gasteiger partial charge in [-0.3, -0.25) is 4.79 Å². The fraction of sp³-hybridized carbons (Fsp3) is 0.440. The molecule has 2 fully saturated rings. The number of hydrogen-bond acceptors (Lipinski definition) is 4. The molecule has 1 aliphatic heterocycles. The number of aryl methyl sites for hydroxylation is 1. The van der Waals surface area contributed by atoms with Crippen molar-refractivity contribution in [1.82, 2.24) is 14.9 Å². The Bertz CT molecular complexity index is 1390. The summed E-state index contributed by atoms with van der Waals surface area (Å²) in [4.78, 5) is 18.4. The first-order valence-electron chi connectivity index (χ1n) is 12.0. The molecule has 0 radical (unpaired) electrons. The minimum Gasteiger partial charge on any atom is -0.370 e. The Morgan fingerprint density at radius 2 is 1.79 bits per heavy atom. The van der Waals surface area contributed by atoms with Crippen molar-refractivity contribution in [3.05, 3.63) is 46.7 Å². The number of piperidine rings is 1. The van der Waals surface area contributed by atoms with Gasteiger partial charge in [-0.25, -0.2) is 18.2 Å². The lowest BCUT2D eigenvalue weighted by molar-refractivity contribution is -0.192. The molecular weight excluding hydrogens is 536 g/mol. The summed E-state index contributed by atoms with van der Waals surface area (Å²) < 4.78 is 83.0. The molecule has 2 heterocycles. The average molecular weight is 560 g/mol. The van der Waals surface area contributed by atoms with Gasteiger partial charge in [0.05, 0.1) is 27.4 Å². The van der Waals surface area contributed by atoms with Crippen molar-refractivity contribution in [1.29, 1.82) is 0 Å². The van der Waals surface area contributed by atoms with Crippen molar-refractivity contribution in [3.63, 3.8) is 0 Å². The Kier molecular flexibility index (Phi) is 6.44. The number of benzene rings is 2. The number of nitrogens with zero attached hydrogens (tertiary/aromatic N) is 3. The number of anilines is 3. The second-order valence-electron chi connectivity index (χ2n) is 9.83. The van der Waals surface area contributed by atoms with Crippen molar-refractivity contribution >= 4 is 45.9 Å². The third-order valence-corrected chi connectivity index (χ3v) is 7.55. The number of carbonyl (C=O) groups is 1. The molecule has 0 bridgehead atoms. The summed E-state index contributed by atoms with van der Waals surface area (Å²) in [7, 11) is 1.69. The largest absolute Gasteiger partial charge is 0.403 e. The van der Waals surface area contributed by atoms with E-state index in [4.69, 9.17) is 11.6 Å². The Balaban J connectivity index is 1.34. The fourth-order valence-electron chi connectivity index (χ4n) is 4.65. The molecule has 204 valence electrons. The molecule has 0 atom stereocenters. The van der Waals surface area contributed by atoms with Crippen molar-refractivity contribution in [3.8, 4) is 0 Å². The molecule has 38 heavy (non-hydrogen) atoms. The number of halogens is 7. The highest BCUT2D eigenvalue weighted by atomic mass is 35.5. The number of fused-ring (bicyclic) bond motifs is 1. The molecule has 0 spiro atoms. The number of aromatic nitrogens is 2. The molecule has 13 heteroatoms. The van der Waals surface area contributed by atoms with Crippen molar-refractivity contribution in [2.45, 2.75) is 44.3 Å². The van der Waals surface area contributed by atoms with Gasteiger partial charge < -0.3 is 20.1 Å². The van der Waals surface area contributed by atoms with E-state index in [1.807, 2.05) is 0 Å². The Morgan fingerprint density at radius 3 is 2.42 bits per heavy atom. The van der Waals surface area contributed by atoms with E-state index >= 15 is 0 Å². The van der Waals surface area contributed by atoms with Crippen LogP contribution in [0.2, 0.25) is 5.02 Å². The van der Waals surface area contributed by atoms with Gasteiger partial charge in [0.2, 0.25) is 11.9 Å². The lowest BCUT2D eigenvalue weighted by Crippen LogP contribution is -2.40. The summed E-state index contributed by atoms with van der Waals surface area (Å²) >= 11 is 6.44. The molecule has 2 N–H and O–H groups in total. The Hall–Kier alpha value is -3.15. The van der Waals surface area contributed by atoms with Crippen LogP contribution in [0, 0.1) is 11.2 Å². The third kappa shape index (κ3) is 4.85. The molecule has 3 aromatic rings. The summed E-state index contributed by atoms with van der Waals surface area (Å²) in [5.74, 6) is -4.17. The van der Waals surface area contributed by atoms with E-state index in [-0.39, 0.29) is 57.0 Å². The minimum absolute atomic E-state index is 0.0108. The van der Waals surface area contributed by atoms with E-state index < -0.39 is 29.2 Å². The van der Waals surface area contributed by atoms with Gasteiger partial charge in [-0.1, -0.05) is 17.7 Å². The van der Waals surface area contributed by atoms with Gasteiger partial charge in [0, 0.05) is 39.5 Å². The number of amides is 1. The number of imidazole rings is 1. The molecule has 0 unspecified atom stereocenters. The standard InChI is InChI=1S/C25H24ClF6N5O/c1-36-20-12-19(37-8-6-24(28,29)7-9-37)15(26)11-18(20)35-22(36)34-17-10-14(2-3-16(17)27)13-33-21(38)23(4-5-23)25(30,31)32/h2-3,10-12H,4-9,13H2,1H3,(H,33,38)(H,34,35). The second kappa shape index (κ2) is 9.25. The van der Waals surface area contributed by atoms with Crippen molar-refractivity contribution in [2.75, 3.05) is 23.3 Å². The maximum Gasteiger partial charge on any atom is 0.403 e. The Labute approximate surface area is 218 Å². The van der Waals surface area contributed by atoms with Crippen LogP contribution in [0.4, 0.5) is 43.7 Å². The summed E-state index contributed by atoms with van der Waals surface area (Å²) in [5.41, 5.74) is -0.203. The molecule has 1 amide bonds. The molecule has 5 rings (SSSR count). The zero-order valence-corrected chi connectivity index (χ0v) is 21.0. The van der Waals surface area contributed by atoms with Crippen LogP contribution < -0.4 is 15.5 Å². The molecule has 1 aromatic heterocycles. The lowest BCUT2D eigenvalue weighted by atomic mass is 10.1. The highest BCUT2D eigenvalue weighted by Crippen LogP contribution is 2.57. The number of alkyl halides is 5. The fourth-order valence-corrected chi connectivity index (χ4v) is 4.92. The van der Waals surface area contributed by atoms with Gasteiger partial charge in [-0.2, -0.15) is 13.2 Å². The molecule has 2 aliphatic rings. The quantitative estimate of drug-likeness (QED) is 0.348. The first-order valence-corrected chi connectivity index (χ1v) is 12.4. The summed E-state index contributed by atoms with van der Waals surface area (Å²) in [6, 6.07) is 7.26. The second-order valence-corrected chi connectivity index (χ2v) is 10.2. The lowest BCUT2D eigenvalue weighted by Gasteiger charge is -2.33. The van der Waals surface area contributed by atoms with Crippen LogP contribution in [0.25, 0.3) is 11.0 Å². The predicted molar refractivity (Wildman–Crippen MR) is 131 cm³/mol. The number of nitrogens with one attached hydrogen (secondary N) is 2. The topological polar surface area (TPSA) is 62.2 Å². The van der Waals surface area contributed by atoms with Crippen molar-refractivity contribution in [2.24, 2.45) is 12.5 Å². The van der Waals surface area contributed by atoms with Crippen LogP contribution in [0.15, 0.2) is 30.3 Å². The normalized spacial score (nSPS) is 18.5. The van der Waals surface area contributed by atoms with Crippen LogP contribution in [0.1, 0.15) is 31.2 Å². The van der Waals surface area contributed by atoms with Gasteiger partial charge >= 0.3 is 6.18 Å². The van der Waals surface area contributed by atoms with E-state index in [1.165, 1.54) is 12.1 Å². The monoisotopic (exact) mass is 559 g/mol. The van der Waals surface area contributed by atoms with Crippen molar-refractivity contribution < 1.29 is 31.1 Å². The highest BCUT2D eigenvalue weighted by Gasteiger charge is 2.68. The van der Waals surface area contributed by atoms with E-state index in [0.29, 0.717) is 27.3 Å². The van der Waals surface area contributed by atoms with Crippen LogP contribution in [0.3, 0.4) is 0 Å². The third-order valence-electron chi connectivity index (χ3n) is 7.24. The number of carbonyl (C=O) groups excluding carboxylic acids is 1. The SMILES string of the molecule is Cn1c(Nc2cc(CNC(=O)C3(C(F)(F)F)CC3)ccc2F)nc2cc(Cl)c(N3CCC(F)(F)CC3)cc21. The maximum absolute atomic E-state index is 14.6. The van der Waals surface area contributed by atoms with Crippen LogP contribution in [0.5, 0.6) is 0 Å². The predicted octanol–water partition coefficient (Wildman–Crippen LogP) is 6.30. The summed E-state index contributed by atoms with van der Waals surface area (Å²) in [6.07, 6.45) is -5.66. The zero-order chi connectivity index (χ0) is 27.5. The molecule has 1 saturated carbocycles. The van der Waals surface area contributed by atoms with Gasteiger partial charge in [-0.15, -0.1) is 0 Å². The van der Waals surface area contributed by atoms with E-state index in [9.17, 15) is 31.1 Å². The van der Waals surface area contributed by atoms with E-state index in [2.05, 4.69) is 15.6 Å². The van der Waals surface area contributed by atoms with Crippen LogP contribution >= 0.6 is 11.6 Å².